The molecule has 0 radical (unpaired) electrons. The van der Waals surface area contributed by atoms with Crippen molar-refractivity contribution in [2.45, 2.75) is 19.5 Å². The largest absolute Gasteiger partial charge is 0.345 e. The molecule has 2 aliphatic heterocycles. The Morgan fingerprint density at radius 2 is 2.10 bits per heavy atom. The maximum Gasteiger partial charge on any atom is 0.0998 e. The number of nitrogens with zero attached hydrogens (tertiary/aromatic N) is 3. The number of nitriles is 1. The molecule has 1 aromatic carbocycles. The smallest absolute Gasteiger partial charge is 0.0998 e. The lowest BCUT2D eigenvalue weighted by molar-refractivity contribution is 0.234. The molecule has 3 heteroatoms. The lowest BCUT2D eigenvalue weighted by atomic mass is 9.86. The predicted octanol–water partition coefficient (Wildman–Crippen LogP) is 2.86. The zero-order chi connectivity index (χ0) is 13.9. The molecule has 2 aromatic rings. The van der Waals surface area contributed by atoms with Crippen LogP contribution >= 0.6 is 0 Å². The van der Waals surface area contributed by atoms with Crippen LogP contribution < -0.4 is 0 Å². The molecule has 2 aliphatic rings. The Morgan fingerprint density at radius 1 is 1.25 bits per heavy atom. The van der Waals surface area contributed by atoms with Gasteiger partial charge in [-0.15, -0.1) is 0 Å². The Balaban J connectivity index is 2.03. The van der Waals surface area contributed by atoms with Crippen LogP contribution in [0.2, 0.25) is 0 Å². The SMILES string of the molecule is C[C@@H]1C=C2c3ccc(C#N)c4ccn(c34)CC2N(C)C1. The number of fused-ring (bicyclic) bond motifs is 2. The number of aromatic nitrogens is 1. The molecule has 0 spiro atoms. The van der Waals surface area contributed by atoms with Crippen molar-refractivity contribution >= 4 is 16.5 Å². The molecule has 4 rings (SSSR count). The summed E-state index contributed by atoms with van der Waals surface area (Å²) in [6.07, 6.45) is 4.54. The minimum Gasteiger partial charge on any atom is -0.345 e. The Hall–Kier alpha value is -2.05. The third-order valence-electron chi connectivity index (χ3n) is 4.66. The first kappa shape index (κ1) is 11.7. The molecule has 2 atom stereocenters. The van der Waals surface area contributed by atoms with Crippen molar-refractivity contribution in [3.63, 3.8) is 0 Å². The molecule has 3 nitrogen and oxygen atoms in total. The van der Waals surface area contributed by atoms with Crippen LogP contribution in [0.25, 0.3) is 16.5 Å². The van der Waals surface area contributed by atoms with Gasteiger partial charge in [0.15, 0.2) is 0 Å². The molecule has 20 heavy (non-hydrogen) atoms. The fourth-order valence-electron chi connectivity index (χ4n) is 3.79. The molecular formula is C17H17N3. The third kappa shape index (κ3) is 1.43. The standard InChI is InChI=1S/C17H17N3/c1-11-7-15-14-4-3-12(8-18)13-5-6-20(17(13)14)10-16(15)19(2)9-11/h3-7,11,16H,9-10H2,1-2H3/t11-,16?/m1/s1. The van der Waals surface area contributed by atoms with Gasteiger partial charge in [0.05, 0.1) is 23.2 Å². The summed E-state index contributed by atoms with van der Waals surface area (Å²) in [7, 11) is 2.21. The predicted molar refractivity (Wildman–Crippen MR) is 80.2 cm³/mol. The molecule has 0 aliphatic carbocycles. The monoisotopic (exact) mass is 263 g/mol. The van der Waals surface area contributed by atoms with Gasteiger partial charge in [0, 0.05) is 30.2 Å². The van der Waals surface area contributed by atoms with E-state index >= 15 is 0 Å². The highest BCUT2D eigenvalue weighted by molar-refractivity contribution is 5.97. The second kappa shape index (κ2) is 3.97. The Labute approximate surface area is 118 Å². The van der Waals surface area contributed by atoms with Gasteiger partial charge >= 0.3 is 0 Å². The second-order valence-electron chi connectivity index (χ2n) is 6.06. The van der Waals surface area contributed by atoms with Crippen LogP contribution in [0.15, 0.2) is 30.5 Å². The summed E-state index contributed by atoms with van der Waals surface area (Å²) in [6.45, 7) is 4.37. The minimum absolute atomic E-state index is 0.460. The van der Waals surface area contributed by atoms with Crippen LogP contribution in [0, 0.1) is 17.2 Å². The van der Waals surface area contributed by atoms with Crippen LogP contribution in [0.4, 0.5) is 0 Å². The minimum atomic E-state index is 0.460. The van der Waals surface area contributed by atoms with Crippen molar-refractivity contribution in [1.82, 2.24) is 9.47 Å². The molecule has 100 valence electrons. The lowest BCUT2D eigenvalue weighted by Crippen LogP contribution is -2.43. The molecule has 0 bridgehead atoms. The summed E-state index contributed by atoms with van der Waals surface area (Å²) >= 11 is 0. The first-order chi connectivity index (χ1) is 9.69. The average Bonchev–Trinajstić information content (AvgIpc) is 2.85. The molecule has 1 unspecified atom stereocenters. The zero-order valence-electron chi connectivity index (χ0n) is 11.8. The van der Waals surface area contributed by atoms with Gasteiger partial charge in [-0.2, -0.15) is 5.26 Å². The van der Waals surface area contributed by atoms with Crippen LogP contribution in [0.5, 0.6) is 0 Å². The molecule has 0 amide bonds. The summed E-state index contributed by atoms with van der Waals surface area (Å²) in [6, 6.07) is 8.94. The van der Waals surface area contributed by atoms with Gasteiger partial charge in [-0.1, -0.05) is 19.1 Å². The van der Waals surface area contributed by atoms with E-state index in [0.717, 1.165) is 24.0 Å². The maximum atomic E-state index is 9.26. The van der Waals surface area contributed by atoms with Crippen molar-refractivity contribution in [2.24, 2.45) is 5.92 Å². The quantitative estimate of drug-likeness (QED) is 0.732. The maximum absolute atomic E-state index is 9.26. The number of likely N-dealkylation sites (N-methyl/N-ethyl adjacent to an activating group) is 1. The summed E-state index contributed by atoms with van der Waals surface area (Å²) in [5.41, 5.74) is 4.75. The zero-order valence-corrected chi connectivity index (χ0v) is 11.8. The van der Waals surface area contributed by atoms with Gasteiger partial charge < -0.3 is 4.57 Å². The average molecular weight is 263 g/mol. The first-order valence-electron chi connectivity index (χ1n) is 7.13. The van der Waals surface area contributed by atoms with E-state index in [1.807, 2.05) is 6.07 Å². The molecule has 1 aromatic heterocycles. The van der Waals surface area contributed by atoms with Crippen LogP contribution in [0.3, 0.4) is 0 Å². The van der Waals surface area contributed by atoms with E-state index in [2.05, 4.69) is 53.9 Å². The summed E-state index contributed by atoms with van der Waals surface area (Å²) in [4.78, 5) is 2.45. The molecular weight excluding hydrogens is 246 g/mol. The van der Waals surface area contributed by atoms with E-state index in [-0.39, 0.29) is 0 Å². The number of benzene rings is 1. The van der Waals surface area contributed by atoms with Crippen LogP contribution in [-0.4, -0.2) is 29.1 Å². The van der Waals surface area contributed by atoms with E-state index in [9.17, 15) is 5.26 Å². The van der Waals surface area contributed by atoms with Crippen molar-refractivity contribution in [3.8, 4) is 6.07 Å². The fraction of sp³-hybridized carbons (Fsp3) is 0.353. The third-order valence-corrected chi connectivity index (χ3v) is 4.66. The number of rotatable bonds is 0. The highest BCUT2D eigenvalue weighted by Crippen LogP contribution is 2.39. The van der Waals surface area contributed by atoms with Crippen molar-refractivity contribution in [2.75, 3.05) is 13.6 Å². The Bertz CT molecular complexity index is 775. The molecule has 0 N–H and O–H groups in total. The van der Waals surface area contributed by atoms with E-state index in [1.165, 1.54) is 16.7 Å². The van der Waals surface area contributed by atoms with Gasteiger partial charge in [-0.3, -0.25) is 4.90 Å². The molecule has 0 saturated carbocycles. The van der Waals surface area contributed by atoms with Crippen molar-refractivity contribution in [3.05, 3.63) is 41.6 Å². The number of hydrogen-bond acceptors (Lipinski definition) is 2. The van der Waals surface area contributed by atoms with Gasteiger partial charge in [0.1, 0.15) is 0 Å². The van der Waals surface area contributed by atoms with E-state index in [1.54, 1.807) is 0 Å². The summed E-state index contributed by atoms with van der Waals surface area (Å²) < 4.78 is 2.31. The van der Waals surface area contributed by atoms with E-state index in [4.69, 9.17) is 0 Å². The topological polar surface area (TPSA) is 32.0 Å². The molecule has 0 fully saturated rings. The first-order valence-corrected chi connectivity index (χ1v) is 7.13. The summed E-state index contributed by atoms with van der Waals surface area (Å²) in [5, 5.41) is 10.3. The highest BCUT2D eigenvalue weighted by atomic mass is 15.2. The second-order valence-corrected chi connectivity index (χ2v) is 6.06. The fourth-order valence-corrected chi connectivity index (χ4v) is 3.79. The Morgan fingerprint density at radius 3 is 2.90 bits per heavy atom. The van der Waals surface area contributed by atoms with E-state index in [0.29, 0.717) is 12.0 Å². The summed E-state index contributed by atoms with van der Waals surface area (Å²) in [5.74, 6) is 0.582. The number of hydrogen-bond donors (Lipinski definition) is 0. The lowest BCUT2D eigenvalue weighted by Gasteiger charge is -2.39. The van der Waals surface area contributed by atoms with Gasteiger partial charge in [0.2, 0.25) is 0 Å². The van der Waals surface area contributed by atoms with Gasteiger partial charge in [0.25, 0.3) is 0 Å². The van der Waals surface area contributed by atoms with Crippen LogP contribution in [0.1, 0.15) is 18.1 Å². The van der Waals surface area contributed by atoms with Crippen molar-refractivity contribution in [1.29, 1.82) is 5.26 Å². The van der Waals surface area contributed by atoms with Gasteiger partial charge in [-0.25, -0.2) is 0 Å². The van der Waals surface area contributed by atoms with Crippen molar-refractivity contribution < 1.29 is 0 Å². The molecule has 0 saturated heterocycles. The van der Waals surface area contributed by atoms with Gasteiger partial charge in [-0.05, 0) is 30.7 Å². The Kier molecular flexibility index (Phi) is 2.33. The van der Waals surface area contributed by atoms with E-state index < -0.39 is 0 Å². The highest BCUT2D eigenvalue weighted by Gasteiger charge is 2.32. The molecule has 3 heterocycles. The normalized spacial score (nSPS) is 25.1. The van der Waals surface area contributed by atoms with Crippen LogP contribution in [-0.2, 0) is 6.54 Å².